The molecular weight excluding hydrogens is 235 g/mol. The number of hydrogen-bond donors (Lipinski definition) is 2. The highest BCUT2D eigenvalue weighted by Gasteiger charge is 2.21. The highest BCUT2D eigenvalue weighted by Crippen LogP contribution is 2.19. The normalized spacial score (nSPS) is 16.6. The molecule has 0 saturated carbocycles. The molecule has 0 aromatic heterocycles. The quantitative estimate of drug-likeness (QED) is 0.859. The summed E-state index contributed by atoms with van der Waals surface area (Å²) in [6, 6.07) is 4.44. The molecule has 4 nitrogen and oxygen atoms in total. The van der Waals surface area contributed by atoms with Crippen LogP contribution in [-0.4, -0.2) is 19.1 Å². The van der Waals surface area contributed by atoms with Gasteiger partial charge in [-0.3, -0.25) is 4.79 Å². The van der Waals surface area contributed by atoms with Gasteiger partial charge in [0.15, 0.2) is 0 Å². The molecule has 98 valence electrons. The van der Waals surface area contributed by atoms with Crippen molar-refractivity contribution in [2.24, 2.45) is 11.7 Å². The van der Waals surface area contributed by atoms with Gasteiger partial charge in [0.25, 0.3) is 0 Å². The van der Waals surface area contributed by atoms with Gasteiger partial charge in [-0.25, -0.2) is 4.39 Å². The molecule has 1 aliphatic heterocycles. The van der Waals surface area contributed by atoms with Crippen LogP contribution in [0.25, 0.3) is 0 Å². The number of nitrogens with two attached hydrogens (primary N) is 1. The van der Waals surface area contributed by atoms with Gasteiger partial charge in [0.2, 0.25) is 5.91 Å². The Hall–Kier alpha value is -1.46. The monoisotopic (exact) mass is 252 g/mol. The molecule has 0 spiro atoms. The highest BCUT2D eigenvalue weighted by molar-refractivity contribution is 5.92. The minimum Gasteiger partial charge on any atom is -0.381 e. The van der Waals surface area contributed by atoms with Crippen molar-refractivity contribution >= 4 is 11.6 Å². The minimum atomic E-state index is -0.346. The maximum absolute atomic E-state index is 13.3. The summed E-state index contributed by atoms with van der Waals surface area (Å²) in [7, 11) is 0. The van der Waals surface area contributed by atoms with Crippen LogP contribution in [0.2, 0.25) is 0 Å². The second-order valence-electron chi connectivity index (χ2n) is 4.39. The van der Waals surface area contributed by atoms with Gasteiger partial charge in [0.1, 0.15) is 5.82 Å². The number of ether oxygens (including phenoxy) is 1. The lowest BCUT2D eigenvalue weighted by Crippen LogP contribution is -2.28. The van der Waals surface area contributed by atoms with Crippen molar-refractivity contribution in [2.75, 3.05) is 18.5 Å². The molecule has 0 aliphatic carbocycles. The first-order valence-electron chi connectivity index (χ1n) is 6.08. The zero-order valence-corrected chi connectivity index (χ0v) is 10.1. The third-order valence-electron chi connectivity index (χ3n) is 3.13. The topological polar surface area (TPSA) is 64.3 Å². The van der Waals surface area contributed by atoms with Crippen LogP contribution >= 0.6 is 0 Å². The van der Waals surface area contributed by atoms with E-state index in [0.29, 0.717) is 24.5 Å². The average molecular weight is 252 g/mol. The Morgan fingerprint density at radius 2 is 2.17 bits per heavy atom. The van der Waals surface area contributed by atoms with Crippen LogP contribution < -0.4 is 11.1 Å². The van der Waals surface area contributed by atoms with E-state index in [9.17, 15) is 9.18 Å². The van der Waals surface area contributed by atoms with E-state index in [1.807, 2.05) is 0 Å². The summed E-state index contributed by atoms with van der Waals surface area (Å²) in [4.78, 5) is 12.0. The summed E-state index contributed by atoms with van der Waals surface area (Å²) in [5, 5.41) is 2.80. The van der Waals surface area contributed by atoms with E-state index in [2.05, 4.69) is 5.32 Å². The summed E-state index contributed by atoms with van der Waals surface area (Å²) >= 11 is 0. The Balaban J connectivity index is 2.02. The summed E-state index contributed by atoms with van der Waals surface area (Å²) < 4.78 is 18.5. The number of anilines is 1. The SMILES string of the molecule is NCc1cc(NC(=O)C2CCOCC2)ccc1F. The number of halogens is 1. The van der Waals surface area contributed by atoms with Gasteiger partial charge in [-0.2, -0.15) is 0 Å². The number of rotatable bonds is 3. The third-order valence-corrected chi connectivity index (χ3v) is 3.13. The number of benzene rings is 1. The molecule has 0 bridgehead atoms. The van der Waals surface area contributed by atoms with E-state index >= 15 is 0 Å². The lowest BCUT2D eigenvalue weighted by atomic mass is 9.99. The zero-order valence-electron chi connectivity index (χ0n) is 10.1. The van der Waals surface area contributed by atoms with Gasteiger partial charge in [-0.1, -0.05) is 0 Å². The fraction of sp³-hybridized carbons (Fsp3) is 0.462. The first kappa shape index (κ1) is 13.0. The van der Waals surface area contributed by atoms with E-state index in [-0.39, 0.29) is 24.2 Å². The molecule has 0 radical (unpaired) electrons. The fourth-order valence-electron chi connectivity index (χ4n) is 2.01. The van der Waals surface area contributed by atoms with Crippen molar-refractivity contribution in [2.45, 2.75) is 19.4 Å². The van der Waals surface area contributed by atoms with Crippen molar-refractivity contribution in [3.63, 3.8) is 0 Å². The number of carbonyl (C=O) groups is 1. The predicted octanol–water partition coefficient (Wildman–Crippen LogP) is 1.65. The van der Waals surface area contributed by atoms with Crippen LogP contribution in [0.5, 0.6) is 0 Å². The maximum Gasteiger partial charge on any atom is 0.227 e. The number of hydrogen-bond acceptors (Lipinski definition) is 3. The van der Waals surface area contributed by atoms with E-state index in [4.69, 9.17) is 10.5 Å². The summed E-state index contributed by atoms with van der Waals surface area (Å²) in [5.74, 6) is -0.403. The Morgan fingerprint density at radius 3 is 2.83 bits per heavy atom. The van der Waals surface area contributed by atoms with E-state index in [0.717, 1.165) is 12.8 Å². The van der Waals surface area contributed by atoms with Gasteiger partial charge in [-0.05, 0) is 31.0 Å². The number of amides is 1. The van der Waals surface area contributed by atoms with Crippen molar-refractivity contribution < 1.29 is 13.9 Å². The Kier molecular flexibility index (Phi) is 4.28. The van der Waals surface area contributed by atoms with Gasteiger partial charge in [-0.15, -0.1) is 0 Å². The van der Waals surface area contributed by atoms with Crippen molar-refractivity contribution in [3.8, 4) is 0 Å². The first-order valence-corrected chi connectivity index (χ1v) is 6.08. The maximum atomic E-state index is 13.3. The molecule has 0 atom stereocenters. The predicted molar refractivity (Wildman–Crippen MR) is 66.5 cm³/mol. The molecule has 3 N–H and O–H groups in total. The second kappa shape index (κ2) is 5.93. The standard InChI is InChI=1S/C13H17FN2O2/c14-12-2-1-11(7-10(12)8-15)16-13(17)9-3-5-18-6-4-9/h1-2,7,9H,3-6,8,15H2,(H,16,17). The molecule has 5 heteroatoms. The van der Waals surface area contributed by atoms with Crippen LogP contribution in [0.1, 0.15) is 18.4 Å². The van der Waals surface area contributed by atoms with Crippen LogP contribution in [0.15, 0.2) is 18.2 Å². The molecule has 2 rings (SSSR count). The molecule has 1 aromatic rings. The smallest absolute Gasteiger partial charge is 0.227 e. The molecule has 1 saturated heterocycles. The Bertz CT molecular complexity index is 431. The van der Waals surface area contributed by atoms with Crippen LogP contribution in [0, 0.1) is 11.7 Å². The highest BCUT2D eigenvalue weighted by atomic mass is 19.1. The number of carbonyl (C=O) groups excluding carboxylic acids is 1. The Labute approximate surface area is 105 Å². The van der Waals surface area contributed by atoms with Crippen LogP contribution in [-0.2, 0) is 16.1 Å². The van der Waals surface area contributed by atoms with E-state index in [1.54, 1.807) is 12.1 Å². The minimum absolute atomic E-state index is 0.0230. The fourth-order valence-corrected chi connectivity index (χ4v) is 2.01. The van der Waals surface area contributed by atoms with Crippen LogP contribution in [0.3, 0.4) is 0 Å². The van der Waals surface area contributed by atoms with Gasteiger partial charge < -0.3 is 15.8 Å². The summed E-state index contributed by atoms with van der Waals surface area (Å²) in [5.41, 5.74) is 6.42. The molecule has 1 amide bonds. The second-order valence-corrected chi connectivity index (χ2v) is 4.39. The molecule has 18 heavy (non-hydrogen) atoms. The molecule has 1 fully saturated rings. The molecule has 1 aromatic carbocycles. The molecule has 0 unspecified atom stereocenters. The lowest BCUT2D eigenvalue weighted by Gasteiger charge is -2.21. The molecule has 1 heterocycles. The van der Waals surface area contributed by atoms with Crippen molar-refractivity contribution in [1.29, 1.82) is 0 Å². The third kappa shape index (κ3) is 3.05. The average Bonchev–Trinajstić information content (AvgIpc) is 2.42. The van der Waals surface area contributed by atoms with Gasteiger partial charge in [0.05, 0.1) is 0 Å². The largest absolute Gasteiger partial charge is 0.381 e. The molecule has 1 aliphatic rings. The van der Waals surface area contributed by atoms with Crippen molar-refractivity contribution in [1.82, 2.24) is 0 Å². The van der Waals surface area contributed by atoms with Crippen LogP contribution in [0.4, 0.5) is 10.1 Å². The lowest BCUT2D eigenvalue weighted by molar-refractivity contribution is -0.122. The van der Waals surface area contributed by atoms with Gasteiger partial charge in [0, 0.05) is 36.9 Å². The number of nitrogens with one attached hydrogen (secondary N) is 1. The molecular formula is C13H17FN2O2. The van der Waals surface area contributed by atoms with Gasteiger partial charge >= 0.3 is 0 Å². The first-order chi connectivity index (χ1) is 8.70. The summed E-state index contributed by atoms with van der Waals surface area (Å²) in [6.07, 6.45) is 1.47. The zero-order chi connectivity index (χ0) is 13.0. The summed E-state index contributed by atoms with van der Waals surface area (Å²) in [6.45, 7) is 1.36. The Morgan fingerprint density at radius 1 is 1.44 bits per heavy atom. The van der Waals surface area contributed by atoms with Crippen molar-refractivity contribution in [3.05, 3.63) is 29.6 Å². The van der Waals surface area contributed by atoms with E-state index < -0.39 is 0 Å². The van der Waals surface area contributed by atoms with E-state index in [1.165, 1.54) is 6.07 Å².